The van der Waals surface area contributed by atoms with Crippen molar-refractivity contribution in [2.45, 2.75) is 31.0 Å². The minimum Gasteiger partial charge on any atom is -0.393 e. The lowest BCUT2D eigenvalue weighted by molar-refractivity contribution is -0.708. The van der Waals surface area contributed by atoms with E-state index in [1.165, 1.54) is 5.32 Å². The summed E-state index contributed by atoms with van der Waals surface area (Å²) in [5.41, 5.74) is 10.1. The molecule has 13 heavy (non-hydrogen) atoms. The fourth-order valence-corrected chi connectivity index (χ4v) is 1.54. The SMILES string of the molecule is NC(=O)[C@@H]1CC(O)C[C@@H](C(N)=O)[NH2+]1. The Balaban J connectivity index is 2.62. The van der Waals surface area contributed by atoms with Crippen LogP contribution in [0.25, 0.3) is 0 Å². The predicted molar refractivity (Wildman–Crippen MR) is 43.1 cm³/mol. The van der Waals surface area contributed by atoms with Crippen LogP contribution in [0.15, 0.2) is 0 Å². The number of carbonyl (C=O) groups excluding carboxylic acids is 2. The van der Waals surface area contributed by atoms with Gasteiger partial charge in [0.1, 0.15) is 0 Å². The Morgan fingerprint density at radius 3 is 1.85 bits per heavy atom. The molecule has 0 radical (unpaired) electrons. The van der Waals surface area contributed by atoms with Gasteiger partial charge in [-0.1, -0.05) is 0 Å². The van der Waals surface area contributed by atoms with Gasteiger partial charge in [0.15, 0.2) is 12.1 Å². The van der Waals surface area contributed by atoms with Crippen molar-refractivity contribution in [1.29, 1.82) is 0 Å². The highest BCUT2D eigenvalue weighted by atomic mass is 16.3. The lowest BCUT2D eigenvalue weighted by atomic mass is 9.95. The van der Waals surface area contributed by atoms with E-state index in [9.17, 15) is 14.7 Å². The second-order valence-corrected chi connectivity index (χ2v) is 3.34. The van der Waals surface area contributed by atoms with E-state index in [1.807, 2.05) is 0 Å². The number of amides is 2. The van der Waals surface area contributed by atoms with Crippen molar-refractivity contribution < 1.29 is 20.0 Å². The van der Waals surface area contributed by atoms with Crippen molar-refractivity contribution >= 4 is 11.8 Å². The lowest BCUT2D eigenvalue weighted by Gasteiger charge is -2.27. The van der Waals surface area contributed by atoms with Crippen LogP contribution in [-0.4, -0.2) is 35.1 Å². The van der Waals surface area contributed by atoms with Gasteiger partial charge in [0.05, 0.1) is 6.10 Å². The van der Waals surface area contributed by atoms with Crippen LogP contribution >= 0.6 is 0 Å². The number of primary amides is 2. The van der Waals surface area contributed by atoms with E-state index < -0.39 is 30.0 Å². The fraction of sp³-hybridized carbons (Fsp3) is 0.714. The molecule has 7 N–H and O–H groups in total. The Labute approximate surface area is 75.3 Å². The second kappa shape index (κ2) is 3.71. The summed E-state index contributed by atoms with van der Waals surface area (Å²) in [4.78, 5) is 21.6. The summed E-state index contributed by atoms with van der Waals surface area (Å²) in [7, 11) is 0. The maximum absolute atomic E-state index is 10.8. The molecule has 1 saturated heterocycles. The monoisotopic (exact) mass is 188 g/mol. The van der Waals surface area contributed by atoms with Crippen LogP contribution in [0.1, 0.15) is 12.8 Å². The first kappa shape index (κ1) is 9.94. The van der Waals surface area contributed by atoms with Crippen LogP contribution in [0.2, 0.25) is 0 Å². The number of piperidine rings is 1. The van der Waals surface area contributed by atoms with Gasteiger partial charge in [-0.25, -0.2) is 0 Å². The van der Waals surface area contributed by atoms with Crippen LogP contribution in [0.3, 0.4) is 0 Å². The van der Waals surface area contributed by atoms with E-state index in [-0.39, 0.29) is 0 Å². The van der Waals surface area contributed by atoms with Crippen molar-refractivity contribution in [3.8, 4) is 0 Å². The molecule has 6 nitrogen and oxygen atoms in total. The summed E-state index contributed by atoms with van der Waals surface area (Å²) in [5.74, 6) is -1.05. The van der Waals surface area contributed by atoms with Crippen LogP contribution in [0.5, 0.6) is 0 Å². The first-order chi connectivity index (χ1) is 6.00. The maximum atomic E-state index is 10.8. The number of quaternary nitrogens is 1. The molecule has 1 heterocycles. The molecule has 0 unspecified atom stereocenters. The van der Waals surface area contributed by atoms with E-state index >= 15 is 0 Å². The van der Waals surface area contributed by atoms with Gasteiger partial charge < -0.3 is 21.9 Å². The molecular formula is C7H14N3O3+. The average Bonchev–Trinajstić information content (AvgIpc) is 2.03. The topological polar surface area (TPSA) is 123 Å². The molecule has 74 valence electrons. The Kier molecular flexibility index (Phi) is 2.84. The summed E-state index contributed by atoms with van der Waals surface area (Å²) >= 11 is 0. The molecule has 0 spiro atoms. The molecule has 0 aromatic carbocycles. The highest BCUT2D eigenvalue weighted by molar-refractivity contribution is 5.81. The van der Waals surface area contributed by atoms with Gasteiger partial charge in [-0.05, 0) is 0 Å². The molecule has 6 heteroatoms. The molecule has 0 bridgehead atoms. The fourth-order valence-electron chi connectivity index (χ4n) is 1.54. The van der Waals surface area contributed by atoms with Gasteiger partial charge in [-0.15, -0.1) is 0 Å². The van der Waals surface area contributed by atoms with Crippen LogP contribution in [-0.2, 0) is 9.59 Å². The van der Waals surface area contributed by atoms with Gasteiger partial charge in [-0.2, -0.15) is 0 Å². The Morgan fingerprint density at radius 1 is 1.15 bits per heavy atom. The Hall–Kier alpha value is -1.14. The minimum atomic E-state index is -0.667. The normalized spacial score (nSPS) is 34.1. The first-order valence-corrected chi connectivity index (χ1v) is 4.12. The highest BCUT2D eigenvalue weighted by Crippen LogP contribution is 2.07. The number of aliphatic hydroxyl groups is 1. The molecular weight excluding hydrogens is 174 g/mol. The number of hydrogen-bond acceptors (Lipinski definition) is 3. The summed E-state index contributed by atoms with van der Waals surface area (Å²) in [6.45, 7) is 0. The zero-order chi connectivity index (χ0) is 10.0. The smallest absolute Gasteiger partial charge is 0.275 e. The molecule has 1 aliphatic rings. The average molecular weight is 188 g/mol. The largest absolute Gasteiger partial charge is 0.393 e. The lowest BCUT2D eigenvalue weighted by Crippen LogP contribution is -3.01. The van der Waals surface area contributed by atoms with Gasteiger partial charge in [0.2, 0.25) is 0 Å². The number of aliphatic hydroxyl groups excluding tert-OH is 1. The summed E-state index contributed by atoms with van der Waals surface area (Å²) < 4.78 is 0. The zero-order valence-electron chi connectivity index (χ0n) is 7.14. The van der Waals surface area contributed by atoms with E-state index in [0.717, 1.165) is 0 Å². The molecule has 0 aromatic heterocycles. The van der Waals surface area contributed by atoms with Gasteiger partial charge in [0.25, 0.3) is 11.8 Å². The third-order valence-electron chi connectivity index (χ3n) is 2.25. The van der Waals surface area contributed by atoms with Crippen LogP contribution < -0.4 is 16.8 Å². The van der Waals surface area contributed by atoms with E-state index in [4.69, 9.17) is 11.5 Å². The quantitative estimate of drug-likeness (QED) is 0.358. The Morgan fingerprint density at radius 2 is 1.54 bits per heavy atom. The summed E-state index contributed by atoms with van der Waals surface area (Å²) in [6.07, 6.45) is -0.0851. The summed E-state index contributed by atoms with van der Waals surface area (Å²) in [5, 5.41) is 10.8. The highest BCUT2D eigenvalue weighted by Gasteiger charge is 2.36. The standard InChI is InChI=1S/C7H13N3O3/c8-6(12)4-1-3(11)2-5(10-4)7(9)13/h3-5,10-11H,1-2H2,(H2,8,12)(H2,9,13)/p+1/t4-,5-/m0/s1. The van der Waals surface area contributed by atoms with Crippen molar-refractivity contribution in [3.63, 3.8) is 0 Å². The van der Waals surface area contributed by atoms with Crippen molar-refractivity contribution in [2.24, 2.45) is 11.5 Å². The predicted octanol–water partition coefficient (Wildman–Crippen LogP) is -3.59. The number of nitrogens with two attached hydrogens (primary N) is 3. The third-order valence-corrected chi connectivity index (χ3v) is 2.25. The van der Waals surface area contributed by atoms with Gasteiger partial charge >= 0.3 is 0 Å². The second-order valence-electron chi connectivity index (χ2n) is 3.34. The molecule has 0 saturated carbocycles. The maximum Gasteiger partial charge on any atom is 0.275 e. The number of carbonyl (C=O) groups is 2. The van der Waals surface area contributed by atoms with Crippen LogP contribution in [0, 0.1) is 0 Å². The number of hydrogen-bond donors (Lipinski definition) is 4. The number of rotatable bonds is 2. The van der Waals surface area contributed by atoms with Crippen molar-refractivity contribution in [1.82, 2.24) is 0 Å². The molecule has 2 atom stereocenters. The van der Waals surface area contributed by atoms with E-state index in [1.54, 1.807) is 0 Å². The molecule has 1 fully saturated rings. The minimum absolute atomic E-state index is 0.291. The van der Waals surface area contributed by atoms with Gasteiger partial charge in [0, 0.05) is 12.8 Å². The van der Waals surface area contributed by atoms with E-state index in [2.05, 4.69) is 0 Å². The van der Waals surface area contributed by atoms with E-state index in [0.29, 0.717) is 12.8 Å². The van der Waals surface area contributed by atoms with Crippen molar-refractivity contribution in [3.05, 3.63) is 0 Å². The molecule has 2 amide bonds. The molecule has 1 rings (SSSR count). The first-order valence-electron chi connectivity index (χ1n) is 4.12. The Bertz CT molecular complexity index is 209. The molecule has 0 aromatic rings. The summed E-state index contributed by atoms with van der Waals surface area (Å²) in [6, 6.07) is -1.08. The molecule has 1 aliphatic heterocycles. The zero-order valence-corrected chi connectivity index (χ0v) is 7.14. The van der Waals surface area contributed by atoms with Gasteiger partial charge in [-0.3, -0.25) is 9.59 Å². The molecule has 0 aliphatic carbocycles. The third kappa shape index (κ3) is 2.40. The van der Waals surface area contributed by atoms with Crippen molar-refractivity contribution in [2.75, 3.05) is 0 Å². The van der Waals surface area contributed by atoms with Crippen LogP contribution in [0.4, 0.5) is 0 Å².